The van der Waals surface area contributed by atoms with E-state index in [1.165, 1.54) is 6.07 Å². The Bertz CT molecular complexity index is 855. The number of nitrogens with zero attached hydrogens (tertiary/aromatic N) is 1. The second-order valence-electron chi connectivity index (χ2n) is 5.83. The number of fused-ring (bicyclic) bond motifs is 1. The maximum absolute atomic E-state index is 14.0. The molecule has 2 aromatic rings. The normalized spacial score (nSPS) is 16.7. The molecule has 2 aromatic carbocycles. The minimum Gasteiger partial charge on any atom is -0.488 e. The summed E-state index contributed by atoms with van der Waals surface area (Å²) in [7, 11) is 0. The predicted octanol–water partition coefficient (Wildman–Crippen LogP) is 4.04. The highest BCUT2D eigenvalue weighted by atomic mass is 19.4. The first-order valence-corrected chi connectivity index (χ1v) is 7.64. The van der Waals surface area contributed by atoms with Crippen LogP contribution in [0.2, 0.25) is 0 Å². The molecule has 0 fully saturated rings. The van der Waals surface area contributed by atoms with E-state index in [0.29, 0.717) is 18.4 Å². The van der Waals surface area contributed by atoms with Crippen LogP contribution in [0.3, 0.4) is 0 Å². The van der Waals surface area contributed by atoms with E-state index in [0.717, 1.165) is 24.3 Å². The zero-order valence-electron chi connectivity index (χ0n) is 13.0. The van der Waals surface area contributed by atoms with Gasteiger partial charge >= 0.3 is 6.18 Å². The van der Waals surface area contributed by atoms with E-state index in [9.17, 15) is 17.6 Å². The quantitative estimate of drug-likeness (QED) is 0.832. The maximum atomic E-state index is 14.0. The molecule has 0 aromatic heterocycles. The maximum Gasteiger partial charge on any atom is 0.417 e. The summed E-state index contributed by atoms with van der Waals surface area (Å²) in [6.45, 7) is 0.209. The van der Waals surface area contributed by atoms with Crippen LogP contribution in [0.15, 0.2) is 30.3 Å². The smallest absolute Gasteiger partial charge is 0.417 e. The van der Waals surface area contributed by atoms with E-state index in [1.54, 1.807) is 0 Å². The van der Waals surface area contributed by atoms with E-state index in [4.69, 9.17) is 15.7 Å². The second kappa shape index (κ2) is 6.37. The molecule has 0 saturated heterocycles. The molecule has 2 N–H and O–H groups in total. The number of nitrogens with two attached hydrogens (primary N) is 1. The molecule has 3 nitrogen and oxygen atoms in total. The number of halogens is 4. The number of hydrogen-bond acceptors (Lipinski definition) is 3. The first kappa shape index (κ1) is 17.2. The third-order valence-corrected chi connectivity index (χ3v) is 4.16. The summed E-state index contributed by atoms with van der Waals surface area (Å²) in [4.78, 5) is 0. The molecule has 1 aliphatic heterocycles. The van der Waals surface area contributed by atoms with Crippen molar-refractivity contribution >= 4 is 0 Å². The van der Waals surface area contributed by atoms with Gasteiger partial charge in [-0.1, -0.05) is 0 Å². The molecule has 0 amide bonds. The number of benzene rings is 2. The number of rotatable bonds is 2. The first-order valence-electron chi connectivity index (χ1n) is 7.64. The van der Waals surface area contributed by atoms with Crippen LogP contribution in [0.25, 0.3) is 11.1 Å². The summed E-state index contributed by atoms with van der Waals surface area (Å²) in [5.41, 5.74) is 4.91. The molecule has 1 heterocycles. The van der Waals surface area contributed by atoms with Crippen LogP contribution in [0.4, 0.5) is 17.6 Å². The minimum absolute atomic E-state index is 0.0161. The lowest BCUT2D eigenvalue weighted by Crippen LogP contribution is -2.30. The zero-order chi connectivity index (χ0) is 18.2. The number of nitriles is 1. The third-order valence-electron chi connectivity index (χ3n) is 4.16. The number of aryl methyl sites for hydroxylation is 1. The Labute approximate surface area is 141 Å². The second-order valence-corrected chi connectivity index (χ2v) is 5.83. The van der Waals surface area contributed by atoms with Gasteiger partial charge in [0, 0.05) is 12.1 Å². The van der Waals surface area contributed by atoms with Crippen molar-refractivity contribution in [2.75, 3.05) is 6.54 Å². The predicted molar refractivity (Wildman–Crippen MR) is 83.3 cm³/mol. The highest BCUT2D eigenvalue weighted by Gasteiger charge is 2.35. The topological polar surface area (TPSA) is 59.0 Å². The van der Waals surface area contributed by atoms with Crippen molar-refractivity contribution in [1.82, 2.24) is 0 Å². The number of alkyl halides is 3. The first-order chi connectivity index (χ1) is 11.8. The molecule has 1 atom stereocenters. The van der Waals surface area contributed by atoms with Gasteiger partial charge in [0.2, 0.25) is 0 Å². The average Bonchev–Trinajstić information content (AvgIpc) is 2.59. The van der Waals surface area contributed by atoms with Gasteiger partial charge in [0.25, 0.3) is 0 Å². The molecule has 0 spiro atoms. The summed E-state index contributed by atoms with van der Waals surface area (Å²) in [5.74, 6) is -0.456. The van der Waals surface area contributed by atoms with E-state index in [2.05, 4.69) is 0 Å². The molecule has 0 unspecified atom stereocenters. The molecular weight excluding hydrogens is 336 g/mol. The molecule has 130 valence electrons. The van der Waals surface area contributed by atoms with Crippen LogP contribution in [0.5, 0.6) is 5.75 Å². The Balaban J connectivity index is 2.27. The van der Waals surface area contributed by atoms with Gasteiger partial charge in [0.1, 0.15) is 17.7 Å². The Morgan fingerprint density at radius 1 is 1.20 bits per heavy atom. The van der Waals surface area contributed by atoms with Crippen molar-refractivity contribution in [3.63, 3.8) is 0 Å². The molecule has 0 aliphatic carbocycles. The molecule has 1 aliphatic rings. The van der Waals surface area contributed by atoms with Crippen molar-refractivity contribution in [2.45, 2.75) is 25.1 Å². The van der Waals surface area contributed by atoms with Gasteiger partial charge in [0.05, 0.1) is 17.2 Å². The number of ether oxygens (including phenoxy) is 1. The SMILES string of the molecule is N#Cc1ccc(C(F)(F)F)c(-c2cc(F)cc3c2O[C@@H](CN)CC3)c1. The fourth-order valence-corrected chi connectivity index (χ4v) is 2.97. The van der Waals surface area contributed by atoms with Crippen molar-refractivity contribution in [2.24, 2.45) is 5.73 Å². The molecule has 0 radical (unpaired) electrons. The Hall–Kier alpha value is -2.59. The fourth-order valence-electron chi connectivity index (χ4n) is 2.97. The van der Waals surface area contributed by atoms with Crippen molar-refractivity contribution in [3.8, 4) is 22.9 Å². The third kappa shape index (κ3) is 3.30. The Morgan fingerprint density at radius 3 is 2.60 bits per heavy atom. The highest BCUT2D eigenvalue weighted by molar-refractivity contribution is 5.77. The summed E-state index contributed by atoms with van der Waals surface area (Å²) in [6, 6.07) is 7.09. The fraction of sp³-hybridized carbons (Fsp3) is 0.278. The van der Waals surface area contributed by atoms with Crippen molar-refractivity contribution < 1.29 is 22.3 Å². The lowest BCUT2D eigenvalue weighted by Gasteiger charge is -2.28. The molecule has 25 heavy (non-hydrogen) atoms. The van der Waals surface area contributed by atoms with E-state index in [1.807, 2.05) is 6.07 Å². The Kier molecular flexibility index (Phi) is 4.39. The Morgan fingerprint density at radius 2 is 1.96 bits per heavy atom. The van der Waals surface area contributed by atoms with Crippen LogP contribution < -0.4 is 10.5 Å². The van der Waals surface area contributed by atoms with Crippen LogP contribution in [0.1, 0.15) is 23.1 Å². The molecule has 3 rings (SSSR count). The van der Waals surface area contributed by atoms with Crippen LogP contribution in [-0.4, -0.2) is 12.6 Å². The highest BCUT2D eigenvalue weighted by Crippen LogP contribution is 2.44. The van der Waals surface area contributed by atoms with Crippen molar-refractivity contribution in [3.05, 3.63) is 52.8 Å². The van der Waals surface area contributed by atoms with Gasteiger partial charge in [-0.3, -0.25) is 0 Å². The molecule has 7 heteroatoms. The zero-order valence-corrected chi connectivity index (χ0v) is 13.0. The monoisotopic (exact) mass is 350 g/mol. The van der Waals surface area contributed by atoms with Gasteiger partial charge in [-0.15, -0.1) is 0 Å². The lowest BCUT2D eigenvalue weighted by atomic mass is 9.91. The summed E-state index contributed by atoms with van der Waals surface area (Å²) in [5, 5.41) is 9.02. The van der Waals surface area contributed by atoms with Gasteiger partial charge in [-0.05, 0) is 54.3 Å². The van der Waals surface area contributed by atoms with Crippen molar-refractivity contribution in [1.29, 1.82) is 5.26 Å². The molecule has 0 bridgehead atoms. The van der Waals surface area contributed by atoms with Gasteiger partial charge in [-0.25, -0.2) is 4.39 Å². The average molecular weight is 350 g/mol. The molecule has 0 saturated carbocycles. The number of hydrogen-bond donors (Lipinski definition) is 1. The van der Waals surface area contributed by atoms with Crippen LogP contribution in [0, 0.1) is 17.1 Å². The minimum atomic E-state index is -4.65. The van der Waals surface area contributed by atoms with Crippen LogP contribution >= 0.6 is 0 Å². The lowest BCUT2D eigenvalue weighted by molar-refractivity contribution is -0.137. The standard InChI is InChI=1S/C18H14F4N2O/c19-12-6-11-2-3-13(9-24)25-17(11)15(7-12)14-5-10(8-23)1-4-16(14)18(20,21)22/h1,4-7,13H,2-3,9,24H2/t13-/m1/s1. The summed E-state index contributed by atoms with van der Waals surface area (Å²) in [6.07, 6.45) is -3.96. The van der Waals surface area contributed by atoms with Gasteiger partial charge in [-0.2, -0.15) is 18.4 Å². The van der Waals surface area contributed by atoms with E-state index in [-0.39, 0.29) is 35.1 Å². The summed E-state index contributed by atoms with van der Waals surface area (Å²) >= 11 is 0. The van der Waals surface area contributed by atoms with Gasteiger partial charge in [0.15, 0.2) is 0 Å². The van der Waals surface area contributed by atoms with Crippen LogP contribution in [-0.2, 0) is 12.6 Å². The van der Waals surface area contributed by atoms with E-state index < -0.39 is 17.6 Å². The summed E-state index contributed by atoms with van der Waals surface area (Å²) < 4.78 is 59.9. The largest absolute Gasteiger partial charge is 0.488 e. The molecular formula is C18H14F4N2O. The van der Waals surface area contributed by atoms with Gasteiger partial charge < -0.3 is 10.5 Å². The van der Waals surface area contributed by atoms with E-state index >= 15 is 0 Å².